The van der Waals surface area contributed by atoms with Crippen LogP contribution in [0.25, 0.3) is 0 Å². The van der Waals surface area contributed by atoms with Crippen LogP contribution in [0.5, 0.6) is 0 Å². The van der Waals surface area contributed by atoms with Crippen molar-refractivity contribution in [2.45, 2.75) is 19.4 Å². The molecule has 84 valence electrons. The molecule has 2 unspecified atom stereocenters. The van der Waals surface area contributed by atoms with Gasteiger partial charge in [-0.25, -0.2) is 0 Å². The molecule has 4 heteroatoms. The molecule has 1 heterocycles. The van der Waals surface area contributed by atoms with Crippen LogP contribution in [0, 0.1) is 0 Å². The van der Waals surface area contributed by atoms with E-state index in [1.165, 1.54) is 5.70 Å². The minimum atomic E-state index is 0.352. The number of halogens is 1. The maximum Gasteiger partial charge on any atom is 0.0802 e. The SMILES string of the molecule is C=C/C(Br)=C\C=C(/C)N1CCC(OP)C1. The first kappa shape index (κ1) is 13.0. The largest absolute Gasteiger partial charge is 0.372 e. The van der Waals surface area contributed by atoms with E-state index in [9.17, 15) is 0 Å². The molecule has 1 saturated heterocycles. The number of hydrogen-bond acceptors (Lipinski definition) is 2. The third-order valence-electron chi connectivity index (χ3n) is 2.52. The molecule has 0 N–H and O–H groups in total. The predicted octanol–water partition coefficient (Wildman–Crippen LogP) is 3.24. The van der Waals surface area contributed by atoms with Crippen molar-refractivity contribution in [3.05, 3.63) is 35.0 Å². The van der Waals surface area contributed by atoms with Gasteiger partial charge in [0.1, 0.15) is 0 Å². The lowest BCUT2D eigenvalue weighted by atomic mass is 10.3. The number of allylic oxidation sites excluding steroid dienone is 5. The molecule has 1 rings (SSSR count). The molecule has 0 aromatic rings. The highest BCUT2D eigenvalue weighted by Crippen LogP contribution is 2.19. The van der Waals surface area contributed by atoms with Crippen molar-refractivity contribution in [3.8, 4) is 0 Å². The summed E-state index contributed by atoms with van der Waals surface area (Å²) in [6.07, 6.45) is 7.34. The van der Waals surface area contributed by atoms with Crippen LogP contribution < -0.4 is 0 Å². The van der Waals surface area contributed by atoms with E-state index in [4.69, 9.17) is 4.52 Å². The first-order chi connectivity index (χ1) is 7.17. The minimum absolute atomic E-state index is 0.352. The van der Waals surface area contributed by atoms with Crippen molar-refractivity contribution < 1.29 is 4.52 Å². The third-order valence-corrected chi connectivity index (χ3v) is 3.49. The maximum absolute atomic E-state index is 5.25. The molecule has 1 fully saturated rings. The predicted molar refractivity (Wildman–Crippen MR) is 71.7 cm³/mol. The Kier molecular flexibility index (Phi) is 5.59. The molecule has 2 atom stereocenters. The summed E-state index contributed by atoms with van der Waals surface area (Å²) in [5.41, 5.74) is 1.26. The first-order valence-corrected chi connectivity index (χ1v) is 6.20. The summed E-state index contributed by atoms with van der Waals surface area (Å²) in [7, 11) is 2.34. The van der Waals surface area contributed by atoms with Gasteiger partial charge in [0.05, 0.1) is 6.10 Å². The molecule has 15 heavy (non-hydrogen) atoms. The molecule has 2 nitrogen and oxygen atoms in total. The topological polar surface area (TPSA) is 12.5 Å². The van der Waals surface area contributed by atoms with Gasteiger partial charge >= 0.3 is 0 Å². The Bertz CT molecular complexity index is 288. The van der Waals surface area contributed by atoms with E-state index in [1.54, 1.807) is 6.08 Å². The second kappa shape index (κ2) is 6.47. The molecule has 0 bridgehead atoms. The highest BCUT2D eigenvalue weighted by molar-refractivity contribution is 9.11. The Balaban J connectivity index is 2.54. The van der Waals surface area contributed by atoms with Crippen molar-refractivity contribution in [2.75, 3.05) is 13.1 Å². The van der Waals surface area contributed by atoms with E-state index in [1.807, 2.05) is 6.08 Å². The molecule has 0 aliphatic carbocycles. The van der Waals surface area contributed by atoms with Crippen molar-refractivity contribution in [3.63, 3.8) is 0 Å². The number of likely N-dealkylation sites (tertiary alicyclic amines) is 1. The van der Waals surface area contributed by atoms with E-state index in [0.29, 0.717) is 6.10 Å². The second-order valence-corrected chi connectivity index (χ2v) is 4.74. The number of rotatable bonds is 4. The summed E-state index contributed by atoms with van der Waals surface area (Å²) >= 11 is 3.39. The Morgan fingerprint density at radius 2 is 2.33 bits per heavy atom. The summed E-state index contributed by atoms with van der Waals surface area (Å²) in [5, 5.41) is 0. The van der Waals surface area contributed by atoms with Gasteiger partial charge in [-0.05, 0) is 25.5 Å². The van der Waals surface area contributed by atoms with Gasteiger partial charge in [-0.2, -0.15) is 0 Å². The zero-order chi connectivity index (χ0) is 11.3. The van der Waals surface area contributed by atoms with Gasteiger partial charge in [0.25, 0.3) is 0 Å². The molecule has 0 amide bonds. The van der Waals surface area contributed by atoms with E-state index in [0.717, 1.165) is 24.0 Å². The number of hydrogen-bond donors (Lipinski definition) is 0. The fourth-order valence-electron chi connectivity index (χ4n) is 1.53. The van der Waals surface area contributed by atoms with Gasteiger partial charge in [-0.15, -0.1) is 0 Å². The molecule has 0 aromatic carbocycles. The second-order valence-electron chi connectivity index (χ2n) is 3.56. The standard InChI is InChI=1S/C11H17BrNOP/c1-3-10(12)5-4-9(2)13-7-6-11(8-13)14-15/h3-5,11H,1,6-8,15H2,2H3/b9-4+,10-5+. The molecule has 1 aliphatic rings. The third kappa shape index (κ3) is 4.10. The Labute approximate surface area is 102 Å². The lowest BCUT2D eigenvalue weighted by Crippen LogP contribution is -2.20. The fraction of sp³-hybridized carbons (Fsp3) is 0.455. The molecule has 0 spiro atoms. The smallest absolute Gasteiger partial charge is 0.0802 e. The lowest BCUT2D eigenvalue weighted by molar-refractivity contribution is 0.246. The van der Waals surface area contributed by atoms with Crippen LogP contribution in [0.2, 0.25) is 0 Å². The van der Waals surface area contributed by atoms with Crippen LogP contribution in [-0.4, -0.2) is 24.1 Å². The molecule has 0 aromatic heterocycles. The van der Waals surface area contributed by atoms with E-state index in [-0.39, 0.29) is 0 Å². The molecule has 1 aliphatic heterocycles. The molecule has 0 saturated carbocycles. The molecular weight excluding hydrogens is 273 g/mol. The normalized spacial score (nSPS) is 23.4. The fourth-order valence-corrected chi connectivity index (χ4v) is 1.89. The zero-order valence-corrected chi connectivity index (χ0v) is 11.7. The van der Waals surface area contributed by atoms with Gasteiger partial charge in [0, 0.05) is 32.7 Å². The van der Waals surface area contributed by atoms with Gasteiger partial charge in [0.2, 0.25) is 0 Å². The van der Waals surface area contributed by atoms with Crippen LogP contribution in [0.3, 0.4) is 0 Å². The summed E-state index contributed by atoms with van der Waals surface area (Å²) in [6.45, 7) is 7.84. The number of nitrogens with zero attached hydrogens (tertiary/aromatic N) is 1. The highest BCUT2D eigenvalue weighted by Gasteiger charge is 2.21. The summed E-state index contributed by atoms with van der Waals surface area (Å²) in [6, 6.07) is 0. The van der Waals surface area contributed by atoms with Gasteiger partial charge in [0.15, 0.2) is 0 Å². The summed E-state index contributed by atoms with van der Waals surface area (Å²) in [4.78, 5) is 2.33. The average molecular weight is 290 g/mol. The van der Waals surface area contributed by atoms with Gasteiger partial charge in [-0.1, -0.05) is 28.6 Å². The van der Waals surface area contributed by atoms with Gasteiger partial charge in [-0.3, -0.25) is 0 Å². The highest BCUT2D eigenvalue weighted by atomic mass is 79.9. The van der Waals surface area contributed by atoms with E-state index in [2.05, 4.69) is 49.9 Å². The molecular formula is C11H17BrNOP. The van der Waals surface area contributed by atoms with E-state index < -0.39 is 0 Å². The summed E-state index contributed by atoms with van der Waals surface area (Å²) < 4.78 is 6.25. The van der Waals surface area contributed by atoms with Crippen LogP contribution >= 0.6 is 25.4 Å². The minimum Gasteiger partial charge on any atom is -0.372 e. The van der Waals surface area contributed by atoms with Crippen LogP contribution in [0.15, 0.2) is 35.0 Å². The molecule has 0 radical (unpaired) electrons. The summed E-state index contributed by atoms with van der Waals surface area (Å²) in [5.74, 6) is 0. The van der Waals surface area contributed by atoms with Crippen LogP contribution in [0.4, 0.5) is 0 Å². The van der Waals surface area contributed by atoms with Crippen molar-refractivity contribution in [1.82, 2.24) is 4.90 Å². The van der Waals surface area contributed by atoms with Crippen molar-refractivity contribution in [2.24, 2.45) is 0 Å². The Morgan fingerprint density at radius 1 is 1.60 bits per heavy atom. The average Bonchev–Trinajstić information content (AvgIpc) is 2.73. The lowest BCUT2D eigenvalue weighted by Gasteiger charge is -2.18. The maximum atomic E-state index is 5.25. The zero-order valence-electron chi connectivity index (χ0n) is 8.95. The monoisotopic (exact) mass is 289 g/mol. The quantitative estimate of drug-likeness (QED) is 0.582. The van der Waals surface area contributed by atoms with Crippen LogP contribution in [0.1, 0.15) is 13.3 Å². The Morgan fingerprint density at radius 3 is 2.87 bits per heavy atom. The first-order valence-electron chi connectivity index (χ1n) is 4.94. The van der Waals surface area contributed by atoms with Gasteiger partial charge < -0.3 is 9.42 Å². The van der Waals surface area contributed by atoms with Crippen molar-refractivity contribution in [1.29, 1.82) is 0 Å². The van der Waals surface area contributed by atoms with Crippen molar-refractivity contribution >= 4 is 25.4 Å². The van der Waals surface area contributed by atoms with E-state index >= 15 is 0 Å². The van der Waals surface area contributed by atoms with Crippen LogP contribution in [-0.2, 0) is 4.52 Å². The Hall–Kier alpha value is -0.110.